The average Bonchev–Trinajstić information content (AvgIpc) is 3.02. The number of methoxy groups -OCH3 is 1. The summed E-state index contributed by atoms with van der Waals surface area (Å²) < 4.78 is 26.7. The number of aromatic nitrogens is 1. The molecular formula is C37H59N3O4S. The molecule has 7 nitrogen and oxygen atoms in total. The number of carbonyl (C=O) groups is 1. The fourth-order valence-electron chi connectivity index (χ4n) is 7.43. The number of rotatable bonds is 18. The van der Waals surface area contributed by atoms with E-state index < -0.39 is 17.2 Å². The Kier molecular flexibility index (Phi) is 13.7. The molecule has 1 aromatic carbocycles. The third kappa shape index (κ3) is 10.2. The second-order valence-electron chi connectivity index (χ2n) is 14.5. The van der Waals surface area contributed by atoms with Crippen LogP contribution in [0.15, 0.2) is 30.5 Å². The maximum Gasteiger partial charge on any atom is 0.221 e. The number of hydrogen-bond donors (Lipinski definition) is 1. The lowest BCUT2D eigenvalue weighted by Gasteiger charge is -2.52. The van der Waals surface area contributed by atoms with Crippen molar-refractivity contribution < 1.29 is 17.9 Å². The van der Waals surface area contributed by atoms with Gasteiger partial charge in [0.1, 0.15) is 11.9 Å². The van der Waals surface area contributed by atoms with E-state index in [0.717, 1.165) is 54.6 Å². The summed E-state index contributed by atoms with van der Waals surface area (Å²) in [5.41, 5.74) is 1.53. The number of ether oxygens (including phenoxy) is 1. The highest BCUT2D eigenvalue weighted by Crippen LogP contribution is 2.45. The summed E-state index contributed by atoms with van der Waals surface area (Å²) >= 11 is -1.65. The highest BCUT2D eigenvalue weighted by atomic mass is 32.2. The number of unbranched alkanes of at least 4 members (excludes halogenated alkanes) is 7. The van der Waals surface area contributed by atoms with Crippen molar-refractivity contribution in [3.63, 3.8) is 0 Å². The number of amides is 1. The number of piperidine rings is 3. The molecule has 3 aliphatic rings. The molecule has 1 amide bonds. The van der Waals surface area contributed by atoms with Gasteiger partial charge >= 0.3 is 0 Å². The normalized spacial score (nSPS) is 23.5. The van der Waals surface area contributed by atoms with E-state index >= 15 is 0 Å². The maximum atomic E-state index is 14.3. The van der Waals surface area contributed by atoms with E-state index in [1.54, 1.807) is 7.11 Å². The Morgan fingerprint density at radius 3 is 2.47 bits per heavy atom. The maximum absolute atomic E-state index is 14.3. The van der Waals surface area contributed by atoms with Gasteiger partial charge < -0.3 is 10.1 Å². The van der Waals surface area contributed by atoms with Gasteiger partial charge in [0.05, 0.1) is 17.9 Å². The molecule has 1 aromatic heterocycles. The SMILES string of the molecule is CCCCCCCCCCC(CC(=O)NC(C)(C)C)S(=O)O[C@H](c1ccnc2ccc(OC)cc12)[C@@H]1C[C@@H]2CCN1C[C@@H]2CC. The fraction of sp³-hybridized carbons (Fsp3) is 0.730. The number of fused-ring (bicyclic) bond motifs is 4. The van der Waals surface area contributed by atoms with E-state index in [1.807, 2.05) is 51.2 Å². The summed E-state index contributed by atoms with van der Waals surface area (Å²) in [4.78, 5) is 20.4. The van der Waals surface area contributed by atoms with E-state index in [9.17, 15) is 9.00 Å². The van der Waals surface area contributed by atoms with E-state index in [-0.39, 0.29) is 29.2 Å². The summed E-state index contributed by atoms with van der Waals surface area (Å²) in [5.74, 6) is 2.05. The standard InChI is InChI=1S/C37H59N3O4S/c1-7-9-10-11-12-13-14-15-16-30(25-35(41)39-37(3,4)5)45(42)44-36(34-23-28-20-22-40(34)26-27(28)8-2)31-19-21-38-33-18-17-29(43-6)24-32(31)33/h17-19,21,24,27-28,30,34,36H,7-16,20,22-23,25-26H2,1-6H3,(H,39,41)/t27-,28-,30?,34-,36+,45?/m0/s1. The molecule has 4 heterocycles. The molecule has 0 spiro atoms. The first-order chi connectivity index (χ1) is 21.6. The molecule has 2 bridgehead atoms. The Balaban J connectivity index is 1.58. The van der Waals surface area contributed by atoms with Gasteiger partial charge in [0.15, 0.2) is 11.1 Å². The molecule has 3 unspecified atom stereocenters. The van der Waals surface area contributed by atoms with Crippen LogP contribution >= 0.6 is 0 Å². The van der Waals surface area contributed by atoms with Crippen molar-refractivity contribution in [2.75, 3.05) is 20.2 Å². The second-order valence-corrected chi connectivity index (χ2v) is 15.8. The quantitative estimate of drug-likeness (QED) is 0.165. The summed E-state index contributed by atoms with van der Waals surface area (Å²) in [6.07, 6.45) is 15.4. The minimum Gasteiger partial charge on any atom is -0.497 e. The van der Waals surface area contributed by atoms with Crippen LogP contribution in [-0.4, -0.2) is 57.0 Å². The summed E-state index contributed by atoms with van der Waals surface area (Å²) in [7, 11) is 1.68. The van der Waals surface area contributed by atoms with Crippen LogP contribution in [0.25, 0.3) is 10.9 Å². The molecule has 45 heavy (non-hydrogen) atoms. The molecule has 3 aliphatic heterocycles. The molecule has 7 atom stereocenters. The van der Waals surface area contributed by atoms with Crippen LogP contribution < -0.4 is 10.1 Å². The Bertz CT molecular complexity index is 1250. The van der Waals surface area contributed by atoms with E-state index in [1.165, 1.54) is 51.4 Å². The average molecular weight is 642 g/mol. The molecule has 0 radical (unpaired) electrons. The van der Waals surface area contributed by atoms with Gasteiger partial charge in [-0.3, -0.25) is 18.9 Å². The van der Waals surface area contributed by atoms with Gasteiger partial charge in [-0.1, -0.05) is 71.6 Å². The fourth-order valence-corrected chi connectivity index (χ4v) is 8.67. The molecule has 5 rings (SSSR count). The van der Waals surface area contributed by atoms with Crippen molar-refractivity contribution >= 4 is 27.9 Å². The molecule has 1 N–H and O–H groups in total. The van der Waals surface area contributed by atoms with Crippen molar-refractivity contribution in [1.29, 1.82) is 0 Å². The first kappa shape index (κ1) is 35.8. The predicted molar refractivity (Wildman–Crippen MR) is 186 cm³/mol. The number of hydrogen-bond acceptors (Lipinski definition) is 6. The van der Waals surface area contributed by atoms with Crippen molar-refractivity contribution in [2.24, 2.45) is 11.8 Å². The summed E-state index contributed by atoms with van der Waals surface area (Å²) in [6.45, 7) is 12.6. The summed E-state index contributed by atoms with van der Waals surface area (Å²) in [6, 6.07) is 8.09. The Morgan fingerprint density at radius 1 is 1.09 bits per heavy atom. The zero-order chi connectivity index (χ0) is 32.4. The third-order valence-electron chi connectivity index (χ3n) is 9.88. The van der Waals surface area contributed by atoms with Crippen molar-refractivity contribution in [3.8, 4) is 5.75 Å². The topological polar surface area (TPSA) is 80.8 Å². The van der Waals surface area contributed by atoms with Crippen LogP contribution in [0.4, 0.5) is 0 Å². The van der Waals surface area contributed by atoms with Gasteiger partial charge in [0.2, 0.25) is 5.91 Å². The van der Waals surface area contributed by atoms with Crippen molar-refractivity contribution in [1.82, 2.24) is 15.2 Å². The predicted octanol–water partition coefficient (Wildman–Crippen LogP) is 8.29. The van der Waals surface area contributed by atoms with Crippen LogP contribution in [0.2, 0.25) is 0 Å². The minimum absolute atomic E-state index is 0.0640. The van der Waals surface area contributed by atoms with Crippen LogP contribution in [0.5, 0.6) is 5.75 Å². The van der Waals surface area contributed by atoms with Crippen molar-refractivity contribution in [2.45, 2.75) is 141 Å². The molecule has 252 valence electrons. The van der Waals surface area contributed by atoms with Crippen LogP contribution in [0, 0.1) is 11.8 Å². The van der Waals surface area contributed by atoms with Gasteiger partial charge in [0, 0.05) is 36.1 Å². The van der Waals surface area contributed by atoms with E-state index in [0.29, 0.717) is 18.3 Å². The molecular weight excluding hydrogens is 582 g/mol. The van der Waals surface area contributed by atoms with Crippen LogP contribution in [0.1, 0.15) is 130 Å². The Labute approximate surface area is 275 Å². The smallest absolute Gasteiger partial charge is 0.221 e. The van der Waals surface area contributed by atoms with Crippen LogP contribution in [0.3, 0.4) is 0 Å². The number of nitrogens with one attached hydrogen (secondary N) is 1. The molecule has 8 heteroatoms. The van der Waals surface area contributed by atoms with E-state index in [2.05, 4.69) is 29.0 Å². The van der Waals surface area contributed by atoms with Gasteiger partial charge in [-0.05, 0) is 88.2 Å². The zero-order valence-electron chi connectivity index (χ0n) is 28.8. The van der Waals surface area contributed by atoms with Gasteiger partial charge in [-0.2, -0.15) is 0 Å². The lowest BCUT2D eigenvalue weighted by molar-refractivity contribution is -0.122. The number of benzene rings is 1. The zero-order valence-corrected chi connectivity index (χ0v) is 29.6. The first-order valence-corrected chi connectivity index (χ1v) is 18.8. The van der Waals surface area contributed by atoms with Gasteiger partial charge in [0.25, 0.3) is 0 Å². The number of nitrogens with zero attached hydrogens (tertiary/aromatic N) is 2. The van der Waals surface area contributed by atoms with Crippen LogP contribution in [-0.2, 0) is 20.1 Å². The number of pyridine rings is 1. The first-order valence-electron chi connectivity index (χ1n) is 17.7. The molecule has 2 aromatic rings. The number of carbonyl (C=O) groups excluding carboxylic acids is 1. The largest absolute Gasteiger partial charge is 0.497 e. The lowest BCUT2D eigenvalue weighted by Crippen LogP contribution is -2.55. The molecule has 0 aliphatic carbocycles. The highest BCUT2D eigenvalue weighted by Gasteiger charge is 2.44. The summed E-state index contributed by atoms with van der Waals surface area (Å²) in [5, 5.41) is 3.70. The molecule has 3 saturated heterocycles. The monoisotopic (exact) mass is 641 g/mol. The lowest BCUT2D eigenvalue weighted by atomic mass is 9.72. The highest BCUT2D eigenvalue weighted by molar-refractivity contribution is 7.80. The second kappa shape index (κ2) is 17.2. The molecule has 0 saturated carbocycles. The molecule has 3 fully saturated rings. The van der Waals surface area contributed by atoms with Gasteiger partial charge in [-0.25, -0.2) is 4.21 Å². The Morgan fingerprint density at radius 2 is 1.82 bits per heavy atom. The van der Waals surface area contributed by atoms with E-state index in [4.69, 9.17) is 8.92 Å². The van der Waals surface area contributed by atoms with Gasteiger partial charge in [-0.15, -0.1) is 0 Å². The Hall–Kier alpha value is -2.03. The van der Waals surface area contributed by atoms with Crippen molar-refractivity contribution in [3.05, 3.63) is 36.0 Å². The third-order valence-corrected chi connectivity index (χ3v) is 11.2. The minimum atomic E-state index is -1.65.